The molecule has 7 heteroatoms. The van der Waals surface area contributed by atoms with E-state index in [9.17, 15) is 9.59 Å². The third kappa shape index (κ3) is 4.51. The monoisotopic (exact) mass is 407 g/mol. The second-order valence-corrected chi connectivity index (χ2v) is 8.35. The molecule has 0 spiro atoms. The fourth-order valence-electron chi connectivity index (χ4n) is 3.04. The van der Waals surface area contributed by atoms with Gasteiger partial charge in [-0.25, -0.2) is 4.79 Å². The highest BCUT2D eigenvalue weighted by atomic mass is 35.5. The lowest BCUT2D eigenvalue weighted by molar-refractivity contribution is -0.124. The zero-order valence-corrected chi connectivity index (χ0v) is 17.1. The Morgan fingerprint density at radius 3 is 2.59 bits per heavy atom. The molecule has 1 amide bonds. The molecule has 1 saturated heterocycles. The Hall–Kier alpha value is -1.89. The summed E-state index contributed by atoms with van der Waals surface area (Å²) in [6.07, 6.45) is 0.809. The molecule has 1 aromatic heterocycles. The number of rotatable bonds is 5. The Morgan fingerprint density at radius 1 is 1.30 bits per heavy atom. The highest BCUT2D eigenvalue weighted by molar-refractivity contribution is 7.17. The molecule has 1 aliphatic rings. The fourth-order valence-corrected chi connectivity index (χ4v) is 4.23. The van der Waals surface area contributed by atoms with E-state index in [1.54, 1.807) is 26.0 Å². The number of esters is 1. The average molecular weight is 408 g/mol. The third-order valence-corrected chi connectivity index (χ3v) is 5.50. The van der Waals surface area contributed by atoms with E-state index in [0.29, 0.717) is 28.6 Å². The Balaban J connectivity index is 2.01. The first-order valence-corrected chi connectivity index (χ1v) is 10.1. The molecule has 2 aromatic rings. The minimum atomic E-state index is -0.472. The maximum absolute atomic E-state index is 12.8. The summed E-state index contributed by atoms with van der Waals surface area (Å²) in [6.45, 7) is 6.09. The molecule has 0 unspecified atom stereocenters. The molecule has 0 radical (unpaired) electrons. The molecule has 0 aliphatic carbocycles. The van der Waals surface area contributed by atoms with Crippen LogP contribution >= 0.6 is 22.9 Å². The zero-order valence-electron chi connectivity index (χ0n) is 15.5. The number of halogens is 1. The number of benzene rings is 1. The highest BCUT2D eigenvalue weighted by Crippen LogP contribution is 2.41. The van der Waals surface area contributed by atoms with Crippen molar-refractivity contribution in [1.29, 1.82) is 0 Å². The van der Waals surface area contributed by atoms with Gasteiger partial charge >= 0.3 is 5.97 Å². The van der Waals surface area contributed by atoms with E-state index >= 15 is 0 Å². The maximum Gasteiger partial charge on any atom is 0.342 e. The second-order valence-electron chi connectivity index (χ2n) is 6.69. The first-order chi connectivity index (χ1) is 12.9. The number of ether oxygens (including phenoxy) is 2. The molecular formula is C20H22ClNO4S. The maximum atomic E-state index is 12.8. The van der Waals surface area contributed by atoms with Crippen LogP contribution in [0.5, 0.6) is 0 Å². The number of amides is 1. The fraction of sp³-hybridized carbons (Fsp3) is 0.400. The summed E-state index contributed by atoms with van der Waals surface area (Å²) in [5.74, 6) is -0.683. The van der Waals surface area contributed by atoms with Gasteiger partial charge in [0, 0.05) is 22.1 Å². The normalized spacial score (nSPS) is 16.6. The summed E-state index contributed by atoms with van der Waals surface area (Å²) in [5, 5.41) is 3.98. The van der Waals surface area contributed by atoms with Gasteiger partial charge in [0.2, 0.25) is 0 Å². The molecule has 1 N–H and O–H groups in total. The number of nitrogens with one attached hydrogen (secondary N) is 1. The molecule has 5 nitrogen and oxygen atoms in total. The molecule has 3 rings (SSSR count). The van der Waals surface area contributed by atoms with Gasteiger partial charge in [-0.05, 0) is 51.3 Å². The van der Waals surface area contributed by atoms with E-state index in [0.717, 1.165) is 22.4 Å². The topological polar surface area (TPSA) is 64.6 Å². The number of hydrogen-bond acceptors (Lipinski definition) is 5. The lowest BCUT2D eigenvalue weighted by Crippen LogP contribution is -2.27. The van der Waals surface area contributed by atoms with Crippen LogP contribution in [0.2, 0.25) is 5.02 Å². The van der Waals surface area contributed by atoms with Gasteiger partial charge in [0.05, 0.1) is 6.10 Å². The van der Waals surface area contributed by atoms with Crippen molar-refractivity contribution >= 4 is 39.8 Å². The minimum absolute atomic E-state index is 0.227. The lowest BCUT2D eigenvalue weighted by Gasteiger charge is -2.13. The van der Waals surface area contributed by atoms with E-state index in [1.165, 1.54) is 11.3 Å². The van der Waals surface area contributed by atoms with Crippen molar-refractivity contribution in [2.75, 3.05) is 11.9 Å². The summed E-state index contributed by atoms with van der Waals surface area (Å²) in [7, 11) is 0. The van der Waals surface area contributed by atoms with Crippen LogP contribution in [-0.4, -0.2) is 30.7 Å². The van der Waals surface area contributed by atoms with Crippen LogP contribution in [0.1, 0.15) is 41.9 Å². The Kier molecular flexibility index (Phi) is 6.19. The number of aryl methyl sites for hydroxylation is 1. The summed E-state index contributed by atoms with van der Waals surface area (Å²) < 4.78 is 10.9. The molecule has 0 bridgehead atoms. The van der Waals surface area contributed by atoms with Crippen LogP contribution < -0.4 is 5.32 Å². The highest BCUT2D eigenvalue weighted by Gasteiger charge is 2.29. The van der Waals surface area contributed by atoms with Gasteiger partial charge in [0.25, 0.3) is 5.91 Å². The largest absolute Gasteiger partial charge is 0.459 e. The van der Waals surface area contributed by atoms with Crippen molar-refractivity contribution in [3.63, 3.8) is 0 Å². The molecule has 1 fully saturated rings. The van der Waals surface area contributed by atoms with Gasteiger partial charge < -0.3 is 14.8 Å². The van der Waals surface area contributed by atoms with Gasteiger partial charge in [-0.1, -0.05) is 23.7 Å². The van der Waals surface area contributed by atoms with Crippen molar-refractivity contribution in [2.24, 2.45) is 0 Å². The van der Waals surface area contributed by atoms with Crippen LogP contribution in [0, 0.1) is 6.92 Å². The van der Waals surface area contributed by atoms with E-state index < -0.39 is 12.1 Å². The number of anilines is 1. The smallest absolute Gasteiger partial charge is 0.342 e. The summed E-state index contributed by atoms with van der Waals surface area (Å²) in [5.41, 5.74) is 1.98. The molecule has 27 heavy (non-hydrogen) atoms. The standard InChI is InChI=1S/C20H22ClNO4S/c1-11(2)26-20(24)17-16(13-6-8-14(21)9-7-13)12(3)27-19(17)22-18(23)15-5-4-10-25-15/h6-9,11,15H,4-5,10H2,1-3H3,(H,22,23)/t15-/m0/s1. The predicted octanol–water partition coefficient (Wildman–Crippen LogP) is 5.06. The van der Waals surface area contributed by atoms with Crippen molar-refractivity contribution < 1.29 is 19.1 Å². The van der Waals surface area contributed by atoms with E-state index in [2.05, 4.69) is 5.32 Å². The number of hydrogen-bond donors (Lipinski definition) is 1. The van der Waals surface area contributed by atoms with Crippen LogP contribution in [-0.2, 0) is 14.3 Å². The van der Waals surface area contributed by atoms with Crippen molar-refractivity contribution in [1.82, 2.24) is 0 Å². The van der Waals surface area contributed by atoms with Crippen LogP contribution in [0.3, 0.4) is 0 Å². The van der Waals surface area contributed by atoms with Crippen LogP contribution in [0.25, 0.3) is 11.1 Å². The summed E-state index contributed by atoms with van der Waals surface area (Å²) in [4.78, 5) is 26.3. The molecule has 1 aliphatic heterocycles. The SMILES string of the molecule is Cc1sc(NC(=O)[C@@H]2CCCO2)c(C(=O)OC(C)C)c1-c1ccc(Cl)cc1. The lowest BCUT2D eigenvalue weighted by atomic mass is 10.0. The summed E-state index contributed by atoms with van der Waals surface area (Å²) in [6, 6.07) is 7.26. The van der Waals surface area contributed by atoms with Gasteiger partial charge in [-0.3, -0.25) is 4.79 Å². The van der Waals surface area contributed by atoms with Gasteiger partial charge in [0.1, 0.15) is 16.7 Å². The van der Waals surface area contributed by atoms with Crippen molar-refractivity contribution in [3.8, 4) is 11.1 Å². The van der Waals surface area contributed by atoms with Crippen molar-refractivity contribution in [2.45, 2.75) is 45.8 Å². The zero-order chi connectivity index (χ0) is 19.6. The number of carbonyl (C=O) groups excluding carboxylic acids is 2. The third-order valence-electron chi connectivity index (χ3n) is 4.22. The molecule has 1 aromatic carbocycles. The Labute approximate surface area is 167 Å². The molecular weight excluding hydrogens is 386 g/mol. The molecule has 1 atom stereocenters. The Morgan fingerprint density at radius 2 is 2.00 bits per heavy atom. The molecule has 2 heterocycles. The van der Waals surface area contributed by atoms with E-state index in [-0.39, 0.29) is 12.0 Å². The van der Waals surface area contributed by atoms with E-state index in [4.69, 9.17) is 21.1 Å². The predicted molar refractivity (Wildman–Crippen MR) is 108 cm³/mol. The Bertz CT molecular complexity index is 838. The first-order valence-electron chi connectivity index (χ1n) is 8.89. The second kappa shape index (κ2) is 8.42. The van der Waals surface area contributed by atoms with Crippen LogP contribution in [0.4, 0.5) is 5.00 Å². The van der Waals surface area contributed by atoms with Gasteiger partial charge in [-0.15, -0.1) is 11.3 Å². The average Bonchev–Trinajstić information content (AvgIpc) is 3.23. The quantitative estimate of drug-likeness (QED) is 0.703. The first kappa shape index (κ1) is 19.9. The summed E-state index contributed by atoms with van der Waals surface area (Å²) >= 11 is 7.36. The van der Waals surface area contributed by atoms with Gasteiger partial charge in [0.15, 0.2) is 0 Å². The van der Waals surface area contributed by atoms with Crippen molar-refractivity contribution in [3.05, 3.63) is 39.7 Å². The van der Waals surface area contributed by atoms with E-state index in [1.807, 2.05) is 19.1 Å². The van der Waals surface area contributed by atoms with Crippen LogP contribution in [0.15, 0.2) is 24.3 Å². The minimum Gasteiger partial charge on any atom is -0.459 e. The number of carbonyl (C=O) groups is 2. The number of thiophene rings is 1. The van der Waals surface area contributed by atoms with Gasteiger partial charge in [-0.2, -0.15) is 0 Å². The molecule has 0 saturated carbocycles. The molecule has 144 valence electrons.